The largest absolute Gasteiger partial charge is 0.497 e. The van der Waals surface area contributed by atoms with Crippen LogP contribution in [0.5, 0.6) is 5.75 Å². The lowest BCUT2D eigenvalue weighted by atomic mass is 10.1. The SMILES string of the molecule is COc1ccc(-c2nc(NC(=O)c3nnn(-c4cccc([N+](=O)[O-])c4)c3C)sc2C)cc1. The standard InChI is InChI=1S/C21H18N6O4S/c1-12-18(24-25-26(12)15-5-4-6-16(11-15)27(29)30)20(28)23-21-22-19(13(2)32-21)14-7-9-17(31-3)10-8-14/h4-11H,1-3H3,(H,22,23,28). The number of ether oxygens (including phenoxy) is 1. The third-order valence-corrected chi connectivity index (χ3v) is 5.66. The molecule has 0 atom stereocenters. The summed E-state index contributed by atoms with van der Waals surface area (Å²) in [5, 5.41) is 22.2. The average Bonchev–Trinajstić information content (AvgIpc) is 3.36. The molecule has 0 fully saturated rings. The molecule has 4 aromatic rings. The Morgan fingerprint density at radius 2 is 1.94 bits per heavy atom. The van der Waals surface area contributed by atoms with Crippen LogP contribution in [0.2, 0.25) is 0 Å². The van der Waals surface area contributed by atoms with Crippen LogP contribution in [0.25, 0.3) is 16.9 Å². The number of nitro groups is 1. The topological polar surface area (TPSA) is 125 Å². The van der Waals surface area contributed by atoms with Gasteiger partial charge in [-0.3, -0.25) is 20.2 Å². The molecule has 1 N–H and O–H groups in total. The summed E-state index contributed by atoms with van der Waals surface area (Å²) >= 11 is 1.35. The second kappa shape index (κ2) is 8.55. The molecule has 0 aliphatic heterocycles. The summed E-state index contributed by atoms with van der Waals surface area (Å²) in [7, 11) is 1.61. The summed E-state index contributed by atoms with van der Waals surface area (Å²) in [6.45, 7) is 3.60. The van der Waals surface area contributed by atoms with Gasteiger partial charge in [0.05, 0.1) is 29.1 Å². The molecule has 2 aromatic heterocycles. The first-order valence-corrected chi connectivity index (χ1v) is 10.3. The minimum Gasteiger partial charge on any atom is -0.497 e. The van der Waals surface area contributed by atoms with Crippen LogP contribution >= 0.6 is 11.3 Å². The number of thiazole rings is 1. The highest BCUT2D eigenvalue weighted by molar-refractivity contribution is 7.16. The number of carbonyl (C=O) groups excluding carboxylic acids is 1. The first-order valence-electron chi connectivity index (χ1n) is 9.47. The van der Waals surface area contributed by atoms with Gasteiger partial charge in [0.15, 0.2) is 10.8 Å². The fourth-order valence-corrected chi connectivity index (χ4v) is 3.98. The zero-order valence-electron chi connectivity index (χ0n) is 17.4. The van der Waals surface area contributed by atoms with Gasteiger partial charge in [-0.1, -0.05) is 11.3 Å². The second-order valence-electron chi connectivity index (χ2n) is 6.82. The zero-order chi connectivity index (χ0) is 22.8. The first kappa shape index (κ1) is 21.1. The molecule has 0 bridgehead atoms. The Morgan fingerprint density at radius 3 is 2.62 bits per heavy atom. The minimum atomic E-state index is -0.491. The van der Waals surface area contributed by atoms with E-state index in [-0.39, 0.29) is 11.4 Å². The molecule has 0 saturated heterocycles. The number of nitrogens with zero attached hydrogens (tertiary/aromatic N) is 5. The monoisotopic (exact) mass is 450 g/mol. The molecule has 4 rings (SSSR count). The Bertz CT molecular complexity index is 1310. The molecule has 0 radical (unpaired) electrons. The van der Waals surface area contributed by atoms with E-state index in [2.05, 4.69) is 20.6 Å². The van der Waals surface area contributed by atoms with Crippen molar-refractivity contribution in [2.24, 2.45) is 0 Å². The number of anilines is 1. The first-order chi connectivity index (χ1) is 15.4. The van der Waals surface area contributed by atoms with Gasteiger partial charge < -0.3 is 4.74 Å². The van der Waals surface area contributed by atoms with E-state index < -0.39 is 10.8 Å². The van der Waals surface area contributed by atoms with E-state index in [0.29, 0.717) is 16.5 Å². The van der Waals surface area contributed by atoms with Gasteiger partial charge in [0.1, 0.15) is 5.75 Å². The molecule has 0 aliphatic carbocycles. The second-order valence-corrected chi connectivity index (χ2v) is 8.02. The van der Waals surface area contributed by atoms with Crippen molar-refractivity contribution in [3.63, 3.8) is 0 Å². The predicted molar refractivity (Wildman–Crippen MR) is 120 cm³/mol. The van der Waals surface area contributed by atoms with Crippen LogP contribution in [0.15, 0.2) is 48.5 Å². The number of hydrogen-bond donors (Lipinski definition) is 1. The van der Waals surface area contributed by atoms with Crippen molar-refractivity contribution < 1.29 is 14.5 Å². The van der Waals surface area contributed by atoms with E-state index in [9.17, 15) is 14.9 Å². The van der Waals surface area contributed by atoms with Crippen LogP contribution in [0.4, 0.5) is 10.8 Å². The number of rotatable bonds is 6. The van der Waals surface area contributed by atoms with E-state index >= 15 is 0 Å². The summed E-state index contributed by atoms with van der Waals surface area (Å²) in [5.41, 5.74) is 2.60. The van der Waals surface area contributed by atoms with E-state index in [1.807, 2.05) is 31.2 Å². The molecule has 0 unspecified atom stereocenters. The fraction of sp³-hybridized carbons (Fsp3) is 0.143. The number of nitrogens with one attached hydrogen (secondary N) is 1. The summed E-state index contributed by atoms with van der Waals surface area (Å²) in [6, 6.07) is 13.5. The van der Waals surface area contributed by atoms with Gasteiger partial charge in [-0.05, 0) is 44.2 Å². The van der Waals surface area contributed by atoms with E-state index in [1.54, 1.807) is 26.2 Å². The molecule has 10 nitrogen and oxygen atoms in total. The Hall–Kier alpha value is -4.12. The molecule has 0 aliphatic rings. The van der Waals surface area contributed by atoms with Crippen molar-refractivity contribution in [1.82, 2.24) is 20.0 Å². The fourth-order valence-electron chi connectivity index (χ4n) is 3.15. The number of carbonyl (C=O) groups is 1. The number of nitro benzene ring substituents is 1. The van der Waals surface area contributed by atoms with Gasteiger partial charge in [0, 0.05) is 22.6 Å². The quantitative estimate of drug-likeness (QED) is 0.345. The third-order valence-electron chi connectivity index (χ3n) is 4.78. The smallest absolute Gasteiger partial charge is 0.279 e. The predicted octanol–water partition coefficient (Wildman–Crippen LogP) is 4.18. The van der Waals surface area contributed by atoms with Crippen molar-refractivity contribution >= 4 is 28.1 Å². The van der Waals surface area contributed by atoms with Gasteiger partial charge in [0.25, 0.3) is 11.6 Å². The van der Waals surface area contributed by atoms with Crippen LogP contribution in [-0.2, 0) is 0 Å². The average molecular weight is 450 g/mol. The molecule has 11 heteroatoms. The third kappa shape index (κ3) is 4.05. The number of non-ortho nitro benzene ring substituents is 1. The van der Waals surface area contributed by atoms with Gasteiger partial charge in [-0.25, -0.2) is 9.67 Å². The lowest BCUT2D eigenvalue weighted by Crippen LogP contribution is -2.14. The number of aromatic nitrogens is 4. The van der Waals surface area contributed by atoms with E-state index in [0.717, 1.165) is 21.9 Å². The van der Waals surface area contributed by atoms with Crippen molar-refractivity contribution in [1.29, 1.82) is 0 Å². The Labute approximate surface area is 186 Å². The van der Waals surface area contributed by atoms with Gasteiger partial charge in [0.2, 0.25) is 0 Å². The molecule has 2 heterocycles. The molecular weight excluding hydrogens is 432 g/mol. The van der Waals surface area contributed by atoms with E-state index in [4.69, 9.17) is 4.74 Å². The van der Waals surface area contributed by atoms with Gasteiger partial charge in [-0.15, -0.1) is 16.4 Å². The Balaban J connectivity index is 1.56. The Morgan fingerprint density at radius 1 is 1.19 bits per heavy atom. The molecule has 0 saturated carbocycles. The van der Waals surface area contributed by atoms with Gasteiger partial charge >= 0.3 is 0 Å². The zero-order valence-corrected chi connectivity index (χ0v) is 18.2. The highest BCUT2D eigenvalue weighted by Crippen LogP contribution is 2.31. The van der Waals surface area contributed by atoms with Crippen molar-refractivity contribution in [2.75, 3.05) is 12.4 Å². The van der Waals surface area contributed by atoms with Crippen LogP contribution in [0.3, 0.4) is 0 Å². The van der Waals surface area contributed by atoms with Crippen LogP contribution in [-0.4, -0.2) is 37.9 Å². The number of benzene rings is 2. The molecule has 32 heavy (non-hydrogen) atoms. The maximum atomic E-state index is 12.8. The van der Waals surface area contributed by atoms with Gasteiger partial charge in [-0.2, -0.15) is 0 Å². The maximum Gasteiger partial charge on any atom is 0.279 e. The summed E-state index contributed by atoms with van der Waals surface area (Å²) in [5.74, 6) is 0.284. The molecule has 1 amide bonds. The summed E-state index contributed by atoms with van der Waals surface area (Å²) in [6.07, 6.45) is 0. The van der Waals surface area contributed by atoms with Crippen molar-refractivity contribution in [3.05, 3.63) is 74.9 Å². The molecule has 0 spiro atoms. The van der Waals surface area contributed by atoms with Crippen LogP contribution in [0, 0.1) is 24.0 Å². The number of amides is 1. The van der Waals surface area contributed by atoms with Crippen LogP contribution in [0.1, 0.15) is 21.1 Å². The summed E-state index contributed by atoms with van der Waals surface area (Å²) in [4.78, 5) is 28.8. The van der Waals surface area contributed by atoms with Crippen molar-refractivity contribution in [2.45, 2.75) is 13.8 Å². The lowest BCUT2D eigenvalue weighted by molar-refractivity contribution is -0.384. The summed E-state index contributed by atoms with van der Waals surface area (Å²) < 4.78 is 6.57. The molecular formula is C21H18N6O4S. The highest BCUT2D eigenvalue weighted by Gasteiger charge is 2.20. The molecule has 2 aromatic carbocycles. The lowest BCUT2D eigenvalue weighted by Gasteiger charge is -2.04. The number of methoxy groups -OCH3 is 1. The number of hydrogen-bond acceptors (Lipinski definition) is 8. The number of aryl methyl sites for hydroxylation is 1. The van der Waals surface area contributed by atoms with Crippen molar-refractivity contribution in [3.8, 4) is 22.7 Å². The maximum absolute atomic E-state index is 12.8. The van der Waals surface area contributed by atoms with Crippen LogP contribution < -0.4 is 10.1 Å². The van der Waals surface area contributed by atoms with E-state index in [1.165, 1.54) is 28.2 Å². The molecule has 162 valence electrons. The Kier molecular flexibility index (Phi) is 5.65. The minimum absolute atomic E-state index is 0.0762. The highest BCUT2D eigenvalue weighted by atomic mass is 32.1. The normalized spacial score (nSPS) is 10.7.